The minimum absolute atomic E-state index is 0.0518. The van der Waals surface area contributed by atoms with Crippen molar-refractivity contribution in [2.45, 2.75) is 40.3 Å². The normalized spacial score (nSPS) is 12.6. The first-order chi connectivity index (χ1) is 8.31. The fraction of sp³-hybridized carbons (Fsp3) is 0.538. The smallest absolute Gasteiger partial charge is 0.253 e. The molecule has 1 amide bonds. The van der Waals surface area contributed by atoms with E-state index >= 15 is 0 Å². The zero-order chi connectivity index (χ0) is 13.9. The van der Waals surface area contributed by atoms with Gasteiger partial charge in [-0.25, -0.2) is 0 Å². The van der Waals surface area contributed by atoms with Gasteiger partial charge in [0.15, 0.2) is 0 Å². The molecule has 1 rings (SSSR count). The van der Waals surface area contributed by atoms with Gasteiger partial charge in [0.05, 0.1) is 0 Å². The molecule has 4 nitrogen and oxygen atoms in total. The molecule has 0 fully saturated rings. The lowest BCUT2D eigenvalue weighted by atomic mass is 10.1. The van der Waals surface area contributed by atoms with Crippen molar-refractivity contribution in [3.8, 4) is 0 Å². The first kappa shape index (κ1) is 15.0. The van der Waals surface area contributed by atoms with Crippen molar-refractivity contribution in [2.24, 2.45) is 5.92 Å². The summed E-state index contributed by atoms with van der Waals surface area (Å²) in [5, 5.41) is 2.88. The van der Waals surface area contributed by atoms with Gasteiger partial charge in [0, 0.05) is 22.3 Å². The molecule has 0 aromatic carbocycles. The summed E-state index contributed by atoms with van der Waals surface area (Å²) in [7, 11) is 0. The molecule has 1 unspecified atom stereocenters. The number of amides is 1. The van der Waals surface area contributed by atoms with E-state index in [4.69, 9.17) is 0 Å². The molecular formula is C13H19BrN2O2. The Labute approximate surface area is 116 Å². The van der Waals surface area contributed by atoms with Gasteiger partial charge >= 0.3 is 0 Å². The van der Waals surface area contributed by atoms with E-state index in [2.05, 4.69) is 21.2 Å². The molecule has 5 heteroatoms. The molecule has 0 spiro atoms. The zero-order valence-electron chi connectivity index (χ0n) is 11.2. The minimum Gasteiger partial charge on any atom is -0.352 e. The predicted molar refractivity (Wildman–Crippen MR) is 75.6 cm³/mol. The third kappa shape index (κ3) is 3.98. The van der Waals surface area contributed by atoms with Crippen LogP contribution in [0.25, 0.3) is 0 Å². The summed E-state index contributed by atoms with van der Waals surface area (Å²) in [6.45, 7) is 7.83. The maximum atomic E-state index is 11.8. The molecule has 0 saturated carbocycles. The molecule has 0 bridgehead atoms. The highest BCUT2D eigenvalue weighted by Gasteiger charge is 2.12. The highest BCUT2D eigenvalue weighted by molar-refractivity contribution is 9.10. The van der Waals surface area contributed by atoms with Crippen molar-refractivity contribution in [3.05, 3.63) is 32.7 Å². The summed E-state index contributed by atoms with van der Waals surface area (Å²) in [6, 6.07) is 1.84. The van der Waals surface area contributed by atoms with Crippen LogP contribution in [0.1, 0.15) is 26.3 Å². The second-order valence-corrected chi connectivity index (χ2v) is 5.79. The van der Waals surface area contributed by atoms with Gasteiger partial charge in [-0.15, -0.1) is 0 Å². The number of hydrogen-bond donors (Lipinski definition) is 1. The fourth-order valence-corrected chi connectivity index (χ4v) is 2.07. The van der Waals surface area contributed by atoms with Crippen LogP contribution >= 0.6 is 15.9 Å². The average Bonchev–Trinajstić information content (AvgIpc) is 2.24. The number of carbonyl (C=O) groups excluding carboxylic acids is 1. The number of rotatable bonds is 4. The number of halogens is 1. The molecule has 0 aliphatic carbocycles. The summed E-state index contributed by atoms with van der Waals surface area (Å²) >= 11 is 3.32. The Morgan fingerprint density at radius 3 is 2.61 bits per heavy atom. The van der Waals surface area contributed by atoms with E-state index in [1.54, 1.807) is 19.2 Å². The number of nitrogens with one attached hydrogen (secondary N) is 1. The molecule has 1 heterocycles. The lowest BCUT2D eigenvalue weighted by Crippen LogP contribution is -2.40. The van der Waals surface area contributed by atoms with Crippen LogP contribution in [0.3, 0.4) is 0 Å². The van der Waals surface area contributed by atoms with Crippen LogP contribution in [0, 0.1) is 12.8 Å². The Kier molecular flexibility index (Phi) is 5.14. The van der Waals surface area contributed by atoms with E-state index < -0.39 is 0 Å². The van der Waals surface area contributed by atoms with Gasteiger partial charge in [-0.1, -0.05) is 13.8 Å². The summed E-state index contributed by atoms with van der Waals surface area (Å²) in [4.78, 5) is 23.7. The maximum Gasteiger partial charge on any atom is 0.253 e. The molecular weight excluding hydrogens is 296 g/mol. The number of hydrogen-bond acceptors (Lipinski definition) is 2. The zero-order valence-corrected chi connectivity index (χ0v) is 12.7. The first-order valence-corrected chi connectivity index (χ1v) is 6.76. The Hall–Kier alpha value is -1.10. The highest BCUT2D eigenvalue weighted by Crippen LogP contribution is 2.08. The van der Waals surface area contributed by atoms with Crippen LogP contribution in [-0.4, -0.2) is 16.5 Å². The van der Waals surface area contributed by atoms with E-state index in [1.807, 2.05) is 20.8 Å². The van der Waals surface area contributed by atoms with Crippen LogP contribution in [0.4, 0.5) is 0 Å². The van der Waals surface area contributed by atoms with E-state index in [-0.39, 0.29) is 24.1 Å². The fourth-order valence-electron chi connectivity index (χ4n) is 1.48. The summed E-state index contributed by atoms with van der Waals surface area (Å²) in [5.41, 5.74) is 0.486. The summed E-state index contributed by atoms with van der Waals surface area (Å²) in [5.74, 6) is 0.228. The van der Waals surface area contributed by atoms with Gasteiger partial charge in [-0.3, -0.25) is 9.59 Å². The van der Waals surface area contributed by atoms with Crippen LogP contribution < -0.4 is 10.9 Å². The molecule has 18 heavy (non-hydrogen) atoms. The van der Waals surface area contributed by atoms with Crippen LogP contribution in [-0.2, 0) is 11.3 Å². The predicted octanol–water partition coefficient (Wildman–Crippen LogP) is 2.08. The van der Waals surface area contributed by atoms with E-state index in [9.17, 15) is 9.59 Å². The summed E-state index contributed by atoms with van der Waals surface area (Å²) < 4.78 is 2.21. The van der Waals surface area contributed by atoms with Gasteiger partial charge in [0.25, 0.3) is 5.56 Å². The molecule has 0 aliphatic rings. The largest absolute Gasteiger partial charge is 0.352 e. The number of nitrogens with zero attached hydrogens (tertiary/aromatic N) is 1. The molecule has 100 valence electrons. The second-order valence-electron chi connectivity index (χ2n) is 4.87. The molecule has 1 N–H and O–H groups in total. The lowest BCUT2D eigenvalue weighted by molar-refractivity contribution is -0.122. The SMILES string of the molecule is Cc1cc(Br)cn(CC(=O)NC(C)C(C)C)c1=O. The average molecular weight is 315 g/mol. The van der Waals surface area contributed by atoms with Crippen molar-refractivity contribution in [1.29, 1.82) is 0 Å². The van der Waals surface area contributed by atoms with E-state index in [0.717, 1.165) is 4.47 Å². The number of aryl methyl sites for hydroxylation is 1. The molecule has 0 aliphatic heterocycles. The van der Waals surface area contributed by atoms with Crippen molar-refractivity contribution in [3.63, 3.8) is 0 Å². The Balaban J connectivity index is 2.80. The van der Waals surface area contributed by atoms with Crippen LogP contribution in [0.2, 0.25) is 0 Å². The second kappa shape index (κ2) is 6.18. The van der Waals surface area contributed by atoms with Gasteiger partial charge in [0.1, 0.15) is 6.54 Å². The Morgan fingerprint density at radius 2 is 2.06 bits per heavy atom. The minimum atomic E-state index is -0.143. The van der Waals surface area contributed by atoms with Crippen molar-refractivity contribution in [2.75, 3.05) is 0 Å². The topological polar surface area (TPSA) is 51.1 Å². The number of pyridine rings is 1. The number of aromatic nitrogens is 1. The van der Waals surface area contributed by atoms with Crippen LogP contribution in [0.15, 0.2) is 21.5 Å². The van der Waals surface area contributed by atoms with Crippen molar-refractivity contribution >= 4 is 21.8 Å². The first-order valence-electron chi connectivity index (χ1n) is 5.97. The molecule has 1 aromatic rings. The van der Waals surface area contributed by atoms with Gasteiger partial charge in [-0.2, -0.15) is 0 Å². The van der Waals surface area contributed by atoms with E-state index in [0.29, 0.717) is 11.5 Å². The van der Waals surface area contributed by atoms with Gasteiger partial charge < -0.3 is 9.88 Å². The monoisotopic (exact) mass is 314 g/mol. The molecule has 1 atom stereocenters. The standard InChI is InChI=1S/C13H19BrN2O2/c1-8(2)10(4)15-12(17)7-16-6-11(14)5-9(3)13(16)18/h5-6,8,10H,7H2,1-4H3,(H,15,17). The molecule has 0 radical (unpaired) electrons. The maximum absolute atomic E-state index is 11.8. The Bertz CT molecular complexity index is 494. The van der Waals surface area contributed by atoms with Gasteiger partial charge in [0.2, 0.25) is 5.91 Å². The van der Waals surface area contributed by atoms with E-state index in [1.165, 1.54) is 4.57 Å². The highest BCUT2D eigenvalue weighted by atomic mass is 79.9. The van der Waals surface area contributed by atoms with Crippen molar-refractivity contribution in [1.82, 2.24) is 9.88 Å². The molecule has 0 saturated heterocycles. The van der Waals surface area contributed by atoms with Crippen molar-refractivity contribution < 1.29 is 4.79 Å². The third-order valence-corrected chi connectivity index (χ3v) is 3.37. The summed E-state index contributed by atoms with van der Waals surface area (Å²) in [6.07, 6.45) is 1.63. The lowest BCUT2D eigenvalue weighted by Gasteiger charge is -2.18. The molecule has 1 aromatic heterocycles. The Morgan fingerprint density at radius 1 is 1.44 bits per heavy atom. The number of carbonyl (C=O) groups is 1. The quantitative estimate of drug-likeness (QED) is 0.925. The van der Waals surface area contributed by atoms with Crippen LogP contribution in [0.5, 0.6) is 0 Å². The third-order valence-electron chi connectivity index (χ3n) is 2.93. The van der Waals surface area contributed by atoms with Gasteiger partial charge in [-0.05, 0) is 41.8 Å².